The van der Waals surface area contributed by atoms with Crippen LogP contribution in [0.1, 0.15) is 65.2 Å². The molecule has 110 valence electrons. The lowest BCUT2D eigenvalue weighted by Crippen LogP contribution is -2.44. The zero-order chi connectivity index (χ0) is 13.9. The standard InChI is InChI=1S/C16H31N3/c1-3-4-5-6-7-8-9-10-11-12-16-18-13-14-19(16)15(2)17/h6-7,13-16,18H,3-5,8-12,17H2,1-2H3/b7-6+. The summed E-state index contributed by atoms with van der Waals surface area (Å²) in [4.78, 5) is 2.20. The number of hydrogen-bond donors (Lipinski definition) is 2. The van der Waals surface area contributed by atoms with Gasteiger partial charge in [-0.1, -0.05) is 38.3 Å². The predicted octanol–water partition coefficient (Wildman–Crippen LogP) is 3.69. The number of nitrogens with two attached hydrogens (primary N) is 1. The Labute approximate surface area is 118 Å². The summed E-state index contributed by atoms with van der Waals surface area (Å²) in [6.45, 7) is 4.27. The molecule has 0 radical (unpaired) electrons. The fourth-order valence-corrected chi connectivity index (χ4v) is 2.42. The minimum Gasteiger partial charge on any atom is -0.370 e. The SMILES string of the molecule is CCCC/C=C/CCCCCC1NC=CN1C(C)N. The molecule has 0 amide bonds. The highest BCUT2D eigenvalue weighted by Crippen LogP contribution is 2.14. The molecule has 1 rings (SSSR count). The Bertz CT molecular complexity index is 271. The molecule has 0 spiro atoms. The van der Waals surface area contributed by atoms with E-state index in [0.29, 0.717) is 6.17 Å². The Morgan fingerprint density at radius 3 is 2.63 bits per heavy atom. The van der Waals surface area contributed by atoms with E-state index < -0.39 is 0 Å². The molecule has 0 saturated carbocycles. The summed E-state index contributed by atoms with van der Waals surface area (Å²) in [6, 6.07) is 0. The molecule has 3 N–H and O–H groups in total. The van der Waals surface area contributed by atoms with Crippen molar-refractivity contribution in [3.8, 4) is 0 Å². The van der Waals surface area contributed by atoms with Crippen molar-refractivity contribution < 1.29 is 0 Å². The monoisotopic (exact) mass is 265 g/mol. The van der Waals surface area contributed by atoms with Crippen LogP contribution in [0.15, 0.2) is 24.6 Å². The first-order chi connectivity index (χ1) is 9.25. The Balaban J connectivity index is 1.98. The average molecular weight is 265 g/mol. The van der Waals surface area contributed by atoms with Gasteiger partial charge in [0.2, 0.25) is 0 Å². The van der Waals surface area contributed by atoms with E-state index >= 15 is 0 Å². The highest BCUT2D eigenvalue weighted by atomic mass is 15.3. The van der Waals surface area contributed by atoms with Crippen molar-refractivity contribution >= 4 is 0 Å². The molecule has 3 heteroatoms. The molecule has 1 heterocycles. The van der Waals surface area contributed by atoms with Gasteiger partial charge in [0, 0.05) is 12.4 Å². The number of hydrogen-bond acceptors (Lipinski definition) is 3. The fraction of sp³-hybridized carbons (Fsp3) is 0.750. The van der Waals surface area contributed by atoms with Gasteiger partial charge in [-0.15, -0.1) is 0 Å². The summed E-state index contributed by atoms with van der Waals surface area (Å²) in [5.74, 6) is 0. The van der Waals surface area contributed by atoms with Gasteiger partial charge in [-0.2, -0.15) is 0 Å². The van der Waals surface area contributed by atoms with Crippen molar-refractivity contribution in [1.82, 2.24) is 10.2 Å². The normalized spacial score (nSPS) is 20.2. The largest absolute Gasteiger partial charge is 0.370 e. The molecule has 2 atom stereocenters. The third-order valence-electron chi connectivity index (χ3n) is 3.60. The van der Waals surface area contributed by atoms with Crippen molar-refractivity contribution in [2.75, 3.05) is 0 Å². The quantitative estimate of drug-likeness (QED) is 0.467. The molecule has 0 saturated heterocycles. The first-order valence-electron chi connectivity index (χ1n) is 7.86. The molecule has 2 unspecified atom stereocenters. The summed E-state index contributed by atoms with van der Waals surface area (Å²) in [5, 5.41) is 3.36. The molecule has 1 aliphatic rings. The average Bonchev–Trinajstić information content (AvgIpc) is 2.85. The first-order valence-corrected chi connectivity index (χ1v) is 7.86. The van der Waals surface area contributed by atoms with Crippen LogP contribution in [-0.4, -0.2) is 17.2 Å². The van der Waals surface area contributed by atoms with Crippen LogP contribution in [0, 0.1) is 0 Å². The second-order valence-electron chi connectivity index (χ2n) is 5.44. The van der Waals surface area contributed by atoms with Crippen molar-refractivity contribution in [2.24, 2.45) is 5.73 Å². The summed E-state index contributed by atoms with van der Waals surface area (Å²) in [5.41, 5.74) is 5.92. The summed E-state index contributed by atoms with van der Waals surface area (Å²) < 4.78 is 0. The molecule has 0 aromatic carbocycles. The number of unbranched alkanes of at least 4 members (excludes halogenated alkanes) is 5. The van der Waals surface area contributed by atoms with E-state index in [1.54, 1.807) is 0 Å². The molecule has 1 aliphatic heterocycles. The molecular formula is C16H31N3. The smallest absolute Gasteiger partial charge is 0.0995 e. The van der Waals surface area contributed by atoms with Crippen LogP contribution in [0.2, 0.25) is 0 Å². The lowest BCUT2D eigenvalue weighted by Gasteiger charge is -2.28. The fourth-order valence-electron chi connectivity index (χ4n) is 2.42. The molecular weight excluding hydrogens is 234 g/mol. The first kappa shape index (κ1) is 16.1. The lowest BCUT2D eigenvalue weighted by molar-refractivity contribution is 0.208. The van der Waals surface area contributed by atoms with Crippen LogP contribution in [0.25, 0.3) is 0 Å². The lowest BCUT2D eigenvalue weighted by atomic mass is 10.1. The number of nitrogens with zero attached hydrogens (tertiary/aromatic N) is 1. The van der Waals surface area contributed by atoms with Crippen LogP contribution >= 0.6 is 0 Å². The molecule has 3 nitrogen and oxygen atoms in total. The third-order valence-corrected chi connectivity index (χ3v) is 3.60. The van der Waals surface area contributed by atoms with Crippen LogP contribution in [0.5, 0.6) is 0 Å². The van der Waals surface area contributed by atoms with Crippen LogP contribution < -0.4 is 11.1 Å². The van der Waals surface area contributed by atoms with Crippen molar-refractivity contribution in [1.29, 1.82) is 0 Å². The van der Waals surface area contributed by atoms with E-state index in [-0.39, 0.29) is 6.17 Å². The minimum atomic E-state index is 0.0951. The summed E-state index contributed by atoms with van der Waals surface area (Å²) in [7, 11) is 0. The van der Waals surface area contributed by atoms with Gasteiger partial charge in [-0.05, 0) is 39.0 Å². The number of allylic oxidation sites excluding steroid dienone is 2. The number of nitrogens with one attached hydrogen (secondary N) is 1. The van der Waals surface area contributed by atoms with Gasteiger partial charge in [-0.3, -0.25) is 0 Å². The number of rotatable bonds is 10. The summed E-state index contributed by atoms with van der Waals surface area (Å²) in [6.07, 6.45) is 19.4. The highest BCUT2D eigenvalue weighted by molar-refractivity contribution is 4.95. The van der Waals surface area contributed by atoms with Gasteiger partial charge < -0.3 is 16.0 Å². The van der Waals surface area contributed by atoms with Gasteiger partial charge in [0.1, 0.15) is 0 Å². The van der Waals surface area contributed by atoms with Crippen molar-refractivity contribution in [2.45, 2.75) is 77.5 Å². The highest BCUT2D eigenvalue weighted by Gasteiger charge is 2.20. The summed E-state index contributed by atoms with van der Waals surface area (Å²) >= 11 is 0. The molecule has 0 aromatic heterocycles. The van der Waals surface area contributed by atoms with Gasteiger partial charge >= 0.3 is 0 Å². The molecule has 0 aromatic rings. The van der Waals surface area contributed by atoms with E-state index in [1.165, 1.54) is 51.4 Å². The van der Waals surface area contributed by atoms with Crippen LogP contribution in [0.3, 0.4) is 0 Å². The second-order valence-corrected chi connectivity index (χ2v) is 5.44. The Morgan fingerprint density at radius 1 is 1.21 bits per heavy atom. The minimum absolute atomic E-state index is 0.0951. The van der Waals surface area contributed by atoms with E-state index in [0.717, 1.165) is 0 Å². The second kappa shape index (κ2) is 9.90. The van der Waals surface area contributed by atoms with Crippen LogP contribution in [-0.2, 0) is 0 Å². The van der Waals surface area contributed by atoms with Gasteiger partial charge in [-0.25, -0.2) is 0 Å². The van der Waals surface area contributed by atoms with Crippen molar-refractivity contribution in [3.05, 3.63) is 24.6 Å². The maximum atomic E-state index is 5.92. The van der Waals surface area contributed by atoms with Crippen LogP contribution in [0.4, 0.5) is 0 Å². The Hall–Kier alpha value is -0.960. The maximum Gasteiger partial charge on any atom is 0.0995 e. The molecule has 0 bridgehead atoms. The van der Waals surface area contributed by atoms with E-state index in [9.17, 15) is 0 Å². The Morgan fingerprint density at radius 2 is 1.95 bits per heavy atom. The Kier molecular flexibility index (Phi) is 8.39. The predicted molar refractivity (Wildman–Crippen MR) is 83.3 cm³/mol. The molecule has 0 aliphatic carbocycles. The van der Waals surface area contributed by atoms with Gasteiger partial charge in [0.25, 0.3) is 0 Å². The van der Waals surface area contributed by atoms with E-state index in [4.69, 9.17) is 5.73 Å². The third kappa shape index (κ3) is 6.67. The van der Waals surface area contributed by atoms with E-state index in [1.807, 2.05) is 13.1 Å². The van der Waals surface area contributed by atoms with Gasteiger partial charge in [0.05, 0.1) is 12.3 Å². The topological polar surface area (TPSA) is 41.3 Å². The molecule has 0 fully saturated rings. The van der Waals surface area contributed by atoms with E-state index in [2.05, 4.69) is 35.5 Å². The zero-order valence-corrected chi connectivity index (χ0v) is 12.6. The zero-order valence-electron chi connectivity index (χ0n) is 12.6. The molecule has 19 heavy (non-hydrogen) atoms. The van der Waals surface area contributed by atoms with Gasteiger partial charge in [0.15, 0.2) is 0 Å². The maximum absolute atomic E-state index is 5.92. The van der Waals surface area contributed by atoms with Crippen molar-refractivity contribution in [3.63, 3.8) is 0 Å².